The van der Waals surface area contributed by atoms with E-state index in [1.54, 1.807) is 0 Å². The summed E-state index contributed by atoms with van der Waals surface area (Å²) in [6.07, 6.45) is 0.00447. The van der Waals surface area contributed by atoms with Gasteiger partial charge in [-0.3, -0.25) is 0 Å². The number of carboxylic acid groups (broad SMARTS) is 1. The Morgan fingerprint density at radius 3 is 3.00 bits per heavy atom. The summed E-state index contributed by atoms with van der Waals surface area (Å²) in [4.78, 5) is 20.6. The average Bonchev–Trinajstić information content (AvgIpc) is 2.14. The molecule has 0 bridgehead atoms. The SMILES string of the molecule is O=CCOC1C[C@@H](O)[I-]C(C(=O)O)O1. The number of rotatable bonds is 4. The molecule has 82 valence electrons. The molecule has 1 aliphatic heterocycles. The number of carbonyl (C=O) groups excluding carboxylic acids is 1. The first-order valence-corrected chi connectivity index (χ1v) is 6.36. The normalized spacial score (nSPS) is 33.1. The molecule has 0 radical (unpaired) electrons. The second-order valence-corrected chi connectivity index (χ2v) is 5.80. The molecule has 0 aliphatic carbocycles. The van der Waals surface area contributed by atoms with Gasteiger partial charge in [-0.15, -0.1) is 0 Å². The van der Waals surface area contributed by atoms with E-state index in [4.69, 9.17) is 14.6 Å². The molecule has 1 fully saturated rings. The molecule has 2 N–H and O–H groups in total. The number of ether oxygens (including phenoxy) is 2. The van der Waals surface area contributed by atoms with E-state index in [1.165, 1.54) is 0 Å². The number of alkyl halides is 2. The molecule has 0 spiro atoms. The van der Waals surface area contributed by atoms with E-state index in [-0.39, 0.29) is 13.0 Å². The van der Waals surface area contributed by atoms with Gasteiger partial charge in [0.25, 0.3) is 0 Å². The van der Waals surface area contributed by atoms with Gasteiger partial charge in [0.1, 0.15) is 0 Å². The molecule has 1 aliphatic rings. The Bertz CT molecular complexity index is 220. The molecule has 0 amide bonds. The van der Waals surface area contributed by atoms with Crippen LogP contribution in [0.25, 0.3) is 0 Å². The molecule has 7 heteroatoms. The van der Waals surface area contributed by atoms with Crippen molar-refractivity contribution in [2.75, 3.05) is 6.61 Å². The van der Waals surface area contributed by atoms with Crippen LogP contribution < -0.4 is 21.2 Å². The Morgan fingerprint density at radius 1 is 1.71 bits per heavy atom. The molecule has 3 atom stereocenters. The molecule has 1 heterocycles. The molecule has 0 saturated carbocycles. The van der Waals surface area contributed by atoms with Gasteiger partial charge >= 0.3 is 90.3 Å². The summed E-state index contributed by atoms with van der Waals surface area (Å²) in [7, 11) is 0. The Morgan fingerprint density at radius 2 is 2.43 bits per heavy atom. The Labute approximate surface area is 90.4 Å². The standard InChI is InChI=1S/C7H10IO6/c9-1-2-13-5-3-4(10)8-6(14-5)7(11)12/h1,4-6,10H,2-3H2,(H,11,12)/q-1/t4-,5?,6?/m1/s1. The van der Waals surface area contributed by atoms with E-state index in [1.807, 2.05) is 0 Å². The van der Waals surface area contributed by atoms with Crippen LogP contribution in [0.4, 0.5) is 0 Å². The Balaban J connectivity index is 2.45. The van der Waals surface area contributed by atoms with E-state index in [0.717, 1.165) is 0 Å². The fourth-order valence-electron chi connectivity index (χ4n) is 0.927. The molecule has 0 aromatic heterocycles. The van der Waals surface area contributed by atoms with Gasteiger partial charge in [-0.05, 0) is 0 Å². The quantitative estimate of drug-likeness (QED) is 0.310. The third-order valence-corrected chi connectivity index (χ3v) is 4.28. The van der Waals surface area contributed by atoms with Crippen molar-refractivity contribution in [3.05, 3.63) is 0 Å². The summed E-state index contributed by atoms with van der Waals surface area (Å²) in [6.45, 7) is -0.151. The zero-order valence-electron chi connectivity index (χ0n) is 7.13. The third kappa shape index (κ3) is 3.48. The number of hydrogen-bond donors (Lipinski definition) is 2. The molecule has 0 aromatic rings. The van der Waals surface area contributed by atoms with Crippen molar-refractivity contribution in [3.8, 4) is 0 Å². The maximum atomic E-state index is 10.6. The van der Waals surface area contributed by atoms with Crippen LogP contribution in [-0.4, -0.2) is 43.6 Å². The van der Waals surface area contributed by atoms with Gasteiger partial charge in [-0.25, -0.2) is 0 Å². The van der Waals surface area contributed by atoms with Crippen molar-refractivity contribution in [3.63, 3.8) is 0 Å². The molecular weight excluding hydrogens is 307 g/mol. The van der Waals surface area contributed by atoms with Crippen molar-refractivity contribution in [2.24, 2.45) is 0 Å². The summed E-state index contributed by atoms with van der Waals surface area (Å²) < 4.78 is 8.31. The summed E-state index contributed by atoms with van der Waals surface area (Å²) in [6, 6.07) is 0. The van der Waals surface area contributed by atoms with Crippen LogP contribution in [-0.2, 0) is 19.1 Å². The van der Waals surface area contributed by atoms with Crippen LogP contribution in [0.5, 0.6) is 0 Å². The zero-order chi connectivity index (χ0) is 10.6. The van der Waals surface area contributed by atoms with Gasteiger partial charge in [-0.1, -0.05) is 0 Å². The van der Waals surface area contributed by atoms with E-state index in [9.17, 15) is 14.7 Å². The predicted molar refractivity (Wildman–Crippen MR) is 38.9 cm³/mol. The molecular formula is C7H10IO6-. The van der Waals surface area contributed by atoms with Gasteiger partial charge in [0.05, 0.1) is 0 Å². The molecule has 0 aromatic carbocycles. The average molecular weight is 317 g/mol. The zero-order valence-corrected chi connectivity index (χ0v) is 9.29. The van der Waals surface area contributed by atoms with Crippen LogP contribution in [0.2, 0.25) is 0 Å². The molecule has 14 heavy (non-hydrogen) atoms. The number of hydrogen-bond acceptors (Lipinski definition) is 5. The van der Waals surface area contributed by atoms with E-state index >= 15 is 0 Å². The van der Waals surface area contributed by atoms with Gasteiger partial charge < -0.3 is 0 Å². The van der Waals surface area contributed by atoms with Crippen LogP contribution in [0.3, 0.4) is 0 Å². The number of aliphatic carboxylic acids is 1. The minimum atomic E-state index is -1.09. The second kappa shape index (κ2) is 5.59. The minimum absolute atomic E-state index is 0.151. The summed E-state index contributed by atoms with van der Waals surface area (Å²) in [5.74, 6) is -1.09. The summed E-state index contributed by atoms with van der Waals surface area (Å²) in [5, 5.41) is 18.0. The topological polar surface area (TPSA) is 93.1 Å². The van der Waals surface area contributed by atoms with Crippen molar-refractivity contribution >= 4 is 12.3 Å². The summed E-state index contributed by atoms with van der Waals surface area (Å²) in [5.41, 5.74) is 0. The van der Waals surface area contributed by atoms with Crippen LogP contribution in [0.1, 0.15) is 6.42 Å². The Kier molecular flexibility index (Phi) is 4.72. The number of aliphatic hydroxyl groups is 1. The van der Waals surface area contributed by atoms with E-state index < -0.39 is 41.7 Å². The van der Waals surface area contributed by atoms with Crippen LogP contribution in [0.15, 0.2) is 0 Å². The Hall–Kier alpha value is -0.250. The number of aldehydes is 1. The molecule has 1 rings (SSSR count). The van der Waals surface area contributed by atoms with E-state index in [0.29, 0.717) is 6.29 Å². The van der Waals surface area contributed by atoms with Gasteiger partial charge in [-0.2, -0.15) is 0 Å². The first-order chi connectivity index (χ1) is 6.63. The van der Waals surface area contributed by atoms with E-state index in [2.05, 4.69) is 0 Å². The number of carbonyl (C=O) groups is 2. The molecule has 6 nitrogen and oxygen atoms in total. The van der Waals surface area contributed by atoms with Crippen molar-refractivity contribution < 1.29 is 50.5 Å². The molecule has 2 unspecified atom stereocenters. The van der Waals surface area contributed by atoms with Crippen LogP contribution in [0, 0.1) is 0 Å². The van der Waals surface area contributed by atoms with Gasteiger partial charge in [0.2, 0.25) is 0 Å². The third-order valence-electron chi connectivity index (χ3n) is 1.46. The maximum absolute atomic E-state index is 10.6. The number of halogens is 1. The summed E-state index contributed by atoms with van der Waals surface area (Å²) >= 11 is -0.932. The van der Waals surface area contributed by atoms with Gasteiger partial charge in [0, 0.05) is 0 Å². The van der Waals surface area contributed by atoms with Crippen molar-refractivity contribution in [1.29, 1.82) is 0 Å². The monoisotopic (exact) mass is 317 g/mol. The number of carboxylic acids is 1. The first kappa shape index (κ1) is 11.8. The fourth-order valence-corrected chi connectivity index (χ4v) is 3.19. The fraction of sp³-hybridized carbons (Fsp3) is 0.714. The van der Waals surface area contributed by atoms with Crippen molar-refractivity contribution in [1.82, 2.24) is 0 Å². The van der Waals surface area contributed by atoms with Crippen LogP contribution >= 0.6 is 0 Å². The molecule has 1 saturated heterocycles. The van der Waals surface area contributed by atoms with Crippen molar-refractivity contribution in [2.45, 2.75) is 20.9 Å². The first-order valence-electron chi connectivity index (χ1n) is 3.87. The van der Waals surface area contributed by atoms with Gasteiger partial charge in [0.15, 0.2) is 0 Å². The second-order valence-electron chi connectivity index (χ2n) is 2.52. The predicted octanol–water partition coefficient (Wildman–Crippen LogP) is -4.23. The number of aliphatic hydroxyl groups excluding tert-OH is 1.